The number of nitrogens with one attached hydrogen (secondary N) is 1. The zero-order chi connectivity index (χ0) is 14.5. The monoisotopic (exact) mass is 280 g/mol. The third kappa shape index (κ3) is 4.21. The molecule has 1 heterocycles. The average Bonchev–Trinajstić information content (AvgIpc) is 2.91. The average molecular weight is 280 g/mol. The van der Waals surface area contributed by atoms with Crippen LogP contribution in [0, 0.1) is 10.8 Å². The molecule has 2 nitrogen and oxygen atoms in total. The molecule has 2 aliphatic rings. The summed E-state index contributed by atoms with van der Waals surface area (Å²) in [6.07, 6.45) is 11.2. The molecule has 0 atom stereocenters. The second kappa shape index (κ2) is 7.26. The highest BCUT2D eigenvalue weighted by molar-refractivity contribution is 4.91. The minimum atomic E-state index is 0.592. The predicted molar refractivity (Wildman–Crippen MR) is 88.1 cm³/mol. The third-order valence-electron chi connectivity index (χ3n) is 6.07. The molecule has 2 rings (SSSR count). The Hall–Kier alpha value is -0.0800. The first kappa shape index (κ1) is 16.3. The van der Waals surface area contributed by atoms with Gasteiger partial charge in [0.25, 0.3) is 0 Å². The Morgan fingerprint density at radius 2 is 1.65 bits per heavy atom. The van der Waals surface area contributed by atoms with Crippen molar-refractivity contribution in [1.29, 1.82) is 0 Å². The van der Waals surface area contributed by atoms with E-state index in [1.54, 1.807) is 0 Å². The summed E-state index contributed by atoms with van der Waals surface area (Å²) in [5, 5.41) is 3.71. The van der Waals surface area contributed by atoms with E-state index in [0.29, 0.717) is 10.8 Å². The first-order valence-electron chi connectivity index (χ1n) is 9.04. The molecule has 0 aromatic heterocycles. The van der Waals surface area contributed by atoms with E-state index < -0.39 is 0 Å². The predicted octanol–water partition coefficient (Wildman–Crippen LogP) is 4.06. The number of hydrogen-bond acceptors (Lipinski definition) is 2. The van der Waals surface area contributed by atoms with Crippen LogP contribution in [0.3, 0.4) is 0 Å². The maximum atomic E-state index is 3.71. The van der Waals surface area contributed by atoms with Crippen molar-refractivity contribution < 1.29 is 0 Å². The minimum Gasteiger partial charge on any atom is -0.316 e. The van der Waals surface area contributed by atoms with Crippen LogP contribution in [0.1, 0.15) is 72.1 Å². The Bertz CT molecular complexity index is 273. The van der Waals surface area contributed by atoms with Gasteiger partial charge >= 0.3 is 0 Å². The Labute approximate surface area is 126 Å². The number of hydrogen-bond donors (Lipinski definition) is 1. The lowest BCUT2D eigenvalue weighted by molar-refractivity contribution is 0.0726. The molecule has 0 aromatic rings. The maximum absolute atomic E-state index is 3.71. The minimum absolute atomic E-state index is 0.592. The van der Waals surface area contributed by atoms with Crippen molar-refractivity contribution in [3.63, 3.8) is 0 Å². The number of likely N-dealkylation sites (tertiary alicyclic amines) is 1. The molecule has 2 heteroatoms. The Morgan fingerprint density at radius 3 is 2.20 bits per heavy atom. The standard InChI is InChI=1S/C18H36N2/c1-4-12-19-15-18(8-6-7-9-18)16-20-13-10-17(3,5-2)11-14-20/h19H,4-16H2,1-3H3. The van der Waals surface area contributed by atoms with Gasteiger partial charge in [0.15, 0.2) is 0 Å². The van der Waals surface area contributed by atoms with E-state index in [1.165, 1.54) is 84.1 Å². The summed E-state index contributed by atoms with van der Waals surface area (Å²) in [5.74, 6) is 0. The zero-order valence-corrected chi connectivity index (χ0v) is 14.1. The molecule has 20 heavy (non-hydrogen) atoms. The van der Waals surface area contributed by atoms with Crippen molar-refractivity contribution in [3.8, 4) is 0 Å². The van der Waals surface area contributed by atoms with Crippen LogP contribution in [0.25, 0.3) is 0 Å². The van der Waals surface area contributed by atoms with E-state index in [9.17, 15) is 0 Å². The van der Waals surface area contributed by atoms with Crippen LogP contribution in [0.5, 0.6) is 0 Å². The van der Waals surface area contributed by atoms with Crippen LogP contribution in [0.15, 0.2) is 0 Å². The molecule has 0 spiro atoms. The molecule has 0 radical (unpaired) electrons. The van der Waals surface area contributed by atoms with E-state index in [4.69, 9.17) is 0 Å². The van der Waals surface area contributed by atoms with E-state index in [1.807, 2.05) is 0 Å². The SMILES string of the molecule is CCCNCC1(CN2CCC(C)(CC)CC2)CCCC1. The summed E-state index contributed by atoms with van der Waals surface area (Å²) in [4.78, 5) is 2.77. The van der Waals surface area contributed by atoms with Crippen LogP contribution in [0.2, 0.25) is 0 Å². The van der Waals surface area contributed by atoms with Crippen LogP contribution in [0.4, 0.5) is 0 Å². The molecular formula is C18H36N2. The van der Waals surface area contributed by atoms with Gasteiger partial charge in [0, 0.05) is 13.1 Å². The van der Waals surface area contributed by atoms with E-state index in [-0.39, 0.29) is 0 Å². The van der Waals surface area contributed by atoms with E-state index in [0.717, 1.165) is 0 Å². The topological polar surface area (TPSA) is 15.3 Å². The van der Waals surface area contributed by atoms with Crippen LogP contribution in [-0.4, -0.2) is 37.6 Å². The fraction of sp³-hybridized carbons (Fsp3) is 1.00. The Kier molecular flexibility index (Phi) is 5.92. The molecule has 118 valence electrons. The van der Waals surface area contributed by atoms with Crippen molar-refractivity contribution in [2.24, 2.45) is 10.8 Å². The van der Waals surface area contributed by atoms with Gasteiger partial charge in [-0.1, -0.05) is 40.0 Å². The van der Waals surface area contributed by atoms with Crippen LogP contribution < -0.4 is 5.32 Å². The molecule has 2 fully saturated rings. The van der Waals surface area contributed by atoms with Gasteiger partial charge in [-0.25, -0.2) is 0 Å². The van der Waals surface area contributed by atoms with Gasteiger partial charge in [0.2, 0.25) is 0 Å². The lowest BCUT2D eigenvalue weighted by Gasteiger charge is -2.43. The number of rotatable bonds is 7. The third-order valence-corrected chi connectivity index (χ3v) is 6.07. The summed E-state index contributed by atoms with van der Waals surface area (Å²) in [5.41, 5.74) is 1.22. The van der Waals surface area contributed by atoms with Gasteiger partial charge in [-0.2, -0.15) is 0 Å². The van der Waals surface area contributed by atoms with Gasteiger partial charge in [-0.15, -0.1) is 0 Å². The molecule has 1 aliphatic carbocycles. The lowest BCUT2D eigenvalue weighted by atomic mass is 9.77. The first-order chi connectivity index (χ1) is 9.61. The second-order valence-corrected chi connectivity index (χ2v) is 7.82. The fourth-order valence-corrected chi connectivity index (χ4v) is 4.12. The molecule has 0 amide bonds. The second-order valence-electron chi connectivity index (χ2n) is 7.82. The smallest absolute Gasteiger partial charge is 0.00501 e. The lowest BCUT2D eigenvalue weighted by Crippen LogP contribution is -2.47. The van der Waals surface area contributed by atoms with E-state index >= 15 is 0 Å². The van der Waals surface area contributed by atoms with Crippen LogP contribution in [-0.2, 0) is 0 Å². The molecule has 0 unspecified atom stereocenters. The fourth-order valence-electron chi connectivity index (χ4n) is 4.12. The summed E-state index contributed by atoms with van der Waals surface area (Å²) < 4.78 is 0. The maximum Gasteiger partial charge on any atom is 0.00501 e. The van der Waals surface area contributed by atoms with E-state index in [2.05, 4.69) is 31.0 Å². The highest BCUT2D eigenvalue weighted by Crippen LogP contribution is 2.40. The van der Waals surface area contributed by atoms with Gasteiger partial charge < -0.3 is 10.2 Å². The van der Waals surface area contributed by atoms with Crippen molar-refractivity contribution >= 4 is 0 Å². The summed E-state index contributed by atoms with van der Waals surface area (Å²) in [6.45, 7) is 13.6. The molecule has 1 aliphatic heterocycles. The van der Waals surface area contributed by atoms with Crippen molar-refractivity contribution in [2.75, 3.05) is 32.7 Å². The molecular weight excluding hydrogens is 244 g/mol. The molecule has 1 N–H and O–H groups in total. The van der Waals surface area contributed by atoms with Crippen molar-refractivity contribution in [3.05, 3.63) is 0 Å². The highest BCUT2D eigenvalue weighted by atomic mass is 15.1. The summed E-state index contributed by atoms with van der Waals surface area (Å²) in [6, 6.07) is 0. The highest BCUT2D eigenvalue weighted by Gasteiger charge is 2.37. The first-order valence-corrected chi connectivity index (χ1v) is 9.04. The van der Waals surface area contributed by atoms with Crippen LogP contribution >= 0.6 is 0 Å². The van der Waals surface area contributed by atoms with Gasteiger partial charge in [-0.05, 0) is 62.6 Å². The summed E-state index contributed by atoms with van der Waals surface area (Å²) >= 11 is 0. The number of nitrogens with zero attached hydrogens (tertiary/aromatic N) is 1. The molecule has 0 bridgehead atoms. The van der Waals surface area contributed by atoms with Gasteiger partial charge in [0.1, 0.15) is 0 Å². The van der Waals surface area contributed by atoms with Crippen molar-refractivity contribution in [2.45, 2.75) is 72.1 Å². The number of piperidine rings is 1. The molecule has 0 aromatic carbocycles. The Morgan fingerprint density at radius 1 is 1.00 bits per heavy atom. The van der Waals surface area contributed by atoms with Gasteiger partial charge in [-0.3, -0.25) is 0 Å². The van der Waals surface area contributed by atoms with Gasteiger partial charge in [0.05, 0.1) is 0 Å². The normalized spacial score (nSPS) is 25.9. The quantitative estimate of drug-likeness (QED) is 0.708. The van der Waals surface area contributed by atoms with Crippen molar-refractivity contribution in [1.82, 2.24) is 10.2 Å². The molecule has 1 saturated carbocycles. The largest absolute Gasteiger partial charge is 0.316 e. The Balaban J connectivity index is 1.83. The zero-order valence-electron chi connectivity index (χ0n) is 14.1. The molecule has 1 saturated heterocycles. The summed E-state index contributed by atoms with van der Waals surface area (Å²) in [7, 11) is 0.